The smallest absolute Gasteiger partial charge is 0.123 e. The van der Waals surface area contributed by atoms with Gasteiger partial charge in [0.05, 0.1) is 7.11 Å². The van der Waals surface area contributed by atoms with Crippen LogP contribution in [0.1, 0.15) is 45.6 Å². The molecule has 2 rings (SSSR count). The van der Waals surface area contributed by atoms with E-state index in [1.54, 1.807) is 12.4 Å². The van der Waals surface area contributed by atoms with Gasteiger partial charge in [0, 0.05) is 6.04 Å². The van der Waals surface area contributed by atoms with E-state index in [2.05, 4.69) is 39.8 Å². The predicted octanol–water partition coefficient (Wildman–Crippen LogP) is 3.82. The van der Waals surface area contributed by atoms with Gasteiger partial charge >= 0.3 is 0 Å². The monoisotopic (exact) mass is 262 g/mol. The second-order valence-electron chi connectivity index (χ2n) is 6.74. The lowest BCUT2D eigenvalue weighted by atomic mass is 9.69. The number of hydrogen-bond donors (Lipinski definition) is 1. The van der Waals surface area contributed by atoms with Crippen molar-refractivity contribution in [2.75, 3.05) is 13.7 Å². The molecule has 1 aromatic carbocycles. The summed E-state index contributed by atoms with van der Waals surface area (Å²) in [5, 5.41) is 1.80. The Morgan fingerprint density at radius 2 is 1.89 bits per heavy atom. The van der Waals surface area contributed by atoms with Crippen molar-refractivity contribution in [1.82, 2.24) is 5.31 Å². The quantitative estimate of drug-likeness (QED) is 0.874. The summed E-state index contributed by atoms with van der Waals surface area (Å²) < 4.78 is 13.5. The van der Waals surface area contributed by atoms with Gasteiger partial charge in [-0.3, -0.25) is 0 Å². The lowest BCUT2D eigenvalue weighted by Crippen LogP contribution is -2.51. The van der Waals surface area contributed by atoms with Gasteiger partial charge in [0.1, 0.15) is 7.16 Å². The lowest BCUT2D eigenvalue weighted by molar-refractivity contribution is 0.147. The Balaban J connectivity index is 2.23. The van der Waals surface area contributed by atoms with E-state index in [0.29, 0.717) is 17.9 Å². The molecule has 0 amide bonds. The molecule has 0 radical (unpaired) electrons. The maximum Gasteiger partial charge on any atom is 0.123 e. The Labute approximate surface area is 119 Å². The molecule has 1 aromatic rings. The van der Waals surface area contributed by atoms with Crippen LogP contribution in [-0.4, -0.2) is 19.7 Å². The van der Waals surface area contributed by atoms with Gasteiger partial charge in [-0.15, -0.1) is 0 Å². The Hall–Kier alpha value is -1.02. The molecule has 1 saturated heterocycles. The maximum atomic E-state index is 8.24. The molecule has 1 aliphatic rings. The average Bonchev–Trinajstić information content (AvgIpc) is 2.37. The van der Waals surface area contributed by atoms with Crippen LogP contribution in [0, 0.1) is 11.3 Å². The highest BCUT2D eigenvalue weighted by Gasteiger charge is 2.37. The van der Waals surface area contributed by atoms with E-state index in [0.717, 1.165) is 18.7 Å². The number of piperidine rings is 1. The van der Waals surface area contributed by atoms with Crippen molar-refractivity contribution in [1.29, 1.82) is 0 Å². The van der Waals surface area contributed by atoms with Crippen LogP contribution in [0.25, 0.3) is 0 Å². The Bertz CT molecular complexity index is 437. The summed E-state index contributed by atoms with van der Waals surface area (Å²) in [6, 6.07) is 8.74. The summed E-state index contributed by atoms with van der Waals surface area (Å²) >= 11 is 0. The fourth-order valence-corrected chi connectivity index (χ4v) is 3.39. The molecule has 1 heterocycles. The van der Waals surface area contributed by atoms with E-state index in [1.165, 1.54) is 5.56 Å². The molecular weight excluding hydrogens is 234 g/mol. The van der Waals surface area contributed by atoms with Gasteiger partial charge in [0.25, 0.3) is 0 Å². The number of hydrogen-bond acceptors (Lipinski definition) is 2. The van der Waals surface area contributed by atoms with E-state index in [4.69, 9.17) is 6.15 Å². The van der Waals surface area contributed by atoms with E-state index in [1.807, 2.05) is 12.1 Å². The number of methoxy groups -OCH3 is 1. The van der Waals surface area contributed by atoms with Crippen LogP contribution in [-0.2, 0) is 0 Å². The molecule has 1 fully saturated rings. The third-order valence-electron chi connectivity index (χ3n) is 4.33. The molecule has 0 spiro atoms. The third-order valence-corrected chi connectivity index (χ3v) is 4.33. The van der Waals surface area contributed by atoms with E-state index >= 15 is 0 Å². The predicted molar refractivity (Wildman–Crippen MR) is 80.8 cm³/mol. The zero-order chi connectivity index (χ0) is 14.9. The van der Waals surface area contributed by atoms with Crippen molar-refractivity contribution in [2.24, 2.45) is 11.3 Å². The normalized spacial score (nSPS) is 29.9. The highest BCUT2D eigenvalue weighted by atomic mass is 16.5. The van der Waals surface area contributed by atoms with Gasteiger partial charge in [0.15, 0.2) is 0 Å². The second kappa shape index (κ2) is 5.54. The van der Waals surface area contributed by atoms with Crippen LogP contribution in [0.4, 0.5) is 0 Å². The minimum atomic E-state index is 0.131. The van der Waals surface area contributed by atoms with Crippen LogP contribution in [0.2, 0.25) is 1.41 Å². The molecule has 106 valence electrons. The summed E-state index contributed by atoms with van der Waals surface area (Å²) in [7, 11) is 1.70. The highest BCUT2D eigenvalue weighted by molar-refractivity contribution is 5.30. The summed E-state index contributed by atoms with van der Waals surface area (Å²) in [5.74, 6) is 1.92. The van der Waals surface area contributed by atoms with Gasteiger partial charge in [-0.1, -0.05) is 39.8 Å². The third kappa shape index (κ3) is 3.11. The summed E-state index contributed by atoms with van der Waals surface area (Å²) in [4.78, 5) is 0. The number of nitrogens with one attached hydrogen (secondary N) is 1. The van der Waals surface area contributed by atoms with E-state index < -0.39 is 0 Å². The molecule has 0 aliphatic carbocycles. The lowest BCUT2D eigenvalue weighted by Gasteiger charge is -2.44. The Kier molecular flexibility index (Phi) is 3.79. The molecule has 0 aromatic heterocycles. The standard InChI is InChI=1S/C17H27NO/c1-12-15(10-11-18-16(12)17(2,3)4)13-6-8-14(19-5)9-7-13/h6-9,12,15-16,18H,10-11H2,1-5H3/i/hD. The van der Waals surface area contributed by atoms with Crippen LogP contribution in [0.5, 0.6) is 5.75 Å². The molecule has 19 heavy (non-hydrogen) atoms. The van der Waals surface area contributed by atoms with Gasteiger partial charge in [-0.2, -0.15) is 0 Å². The van der Waals surface area contributed by atoms with Gasteiger partial charge < -0.3 is 10.0 Å². The molecular formula is C17H27NO. The van der Waals surface area contributed by atoms with Gasteiger partial charge in [0.2, 0.25) is 0 Å². The zero-order valence-corrected chi connectivity index (χ0v) is 12.8. The molecule has 3 atom stereocenters. The van der Waals surface area contributed by atoms with Gasteiger partial charge in [-0.25, -0.2) is 0 Å². The summed E-state index contributed by atoms with van der Waals surface area (Å²) in [6.45, 7) is 9.87. The van der Waals surface area contributed by atoms with E-state index in [9.17, 15) is 0 Å². The minimum absolute atomic E-state index is 0.131. The minimum Gasteiger partial charge on any atom is -0.497 e. The number of rotatable bonds is 2. The van der Waals surface area contributed by atoms with Crippen molar-refractivity contribution in [3.63, 3.8) is 0 Å². The van der Waals surface area contributed by atoms with Crippen molar-refractivity contribution < 1.29 is 6.15 Å². The zero-order valence-electron chi connectivity index (χ0n) is 13.8. The van der Waals surface area contributed by atoms with Crippen LogP contribution < -0.4 is 10.0 Å². The molecule has 0 bridgehead atoms. The van der Waals surface area contributed by atoms with Crippen LogP contribution in [0.15, 0.2) is 24.3 Å². The fourth-order valence-electron chi connectivity index (χ4n) is 3.39. The first-order chi connectivity index (χ1) is 9.34. The van der Waals surface area contributed by atoms with Gasteiger partial charge in [-0.05, 0) is 47.9 Å². The molecule has 3 unspecified atom stereocenters. The van der Waals surface area contributed by atoms with Crippen LogP contribution in [0.3, 0.4) is 0 Å². The molecule has 2 nitrogen and oxygen atoms in total. The maximum absolute atomic E-state index is 8.24. The highest BCUT2D eigenvalue weighted by Crippen LogP contribution is 2.39. The van der Waals surface area contributed by atoms with E-state index in [-0.39, 0.29) is 5.41 Å². The molecule has 0 saturated carbocycles. The Morgan fingerprint density at radius 3 is 2.42 bits per heavy atom. The summed E-state index contributed by atoms with van der Waals surface area (Å²) in [6.07, 6.45) is 1.06. The molecule has 2 heteroatoms. The van der Waals surface area contributed by atoms with Crippen LogP contribution >= 0.6 is 0 Å². The summed E-state index contributed by atoms with van der Waals surface area (Å²) in [5.41, 5.74) is 1.51. The van der Waals surface area contributed by atoms with Crippen molar-refractivity contribution in [2.45, 2.75) is 46.1 Å². The first kappa shape index (κ1) is 13.0. The van der Waals surface area contributed by atoms with Crippen molar-refractivity contribution >= 4 is 0 Å². The fraction of sp³-hybridized carbons (Fsp3) is 0.647. The molecule has 1 N–H and O–H groups in total. The average molecular weight is 262 g/mol. The largest absolute Gasteiger partial charge is 0.497 e. The first-order valence-electron chi connectivity index (χ1n) is 7.68. The number of ether oxygens (including phenoxy) is 1. The van der Waals surface area contributed by atoms with Crippen molar-refractivity contribution in [3.8, 4) is 5.75 Å². The SMILES string of the molecule is [2H]N1CCC(c2ccc(OC)cc2)C(C)C1C(C)(C)C. The van der Waals surface area contributed by atoms with Crippen molar-refractivity contribution in [3.05, 3.63) is 29.8 Å². The second-order valence-corrected chi connectivity index (χ2v) is 6.74. The topological polar surface area (TPSA) is 21.3 Å². The first-order valence-corrected chi connectivity index (χ1v) is 7.24. The number of benzene rings is 1. The Morgan fingerprint density at radius 1 is 1.26 bits per heavy atom. The molecule has 1 aliphatic heterocycles.